The summed E-state index contributed by atoms with van der Waals surface area (Å²) >= 11 is 6.26. The van der Waals surface area contributed by atoms with Gasteiger partial charge >= 0.3 is 0 Å². The molecular weight excluding hydrogens is 416 g/mol. The fourth-order valence-electron chi connectivity index (χ4n) is 3.34. The number of carbonyl (C=O) groups is 1. The van der Waals surface area contributed by atoms with E-state index in [0.29, 0.717) is 11.4 Å². The van der Waals surface area contributed by atoms with Crippen LogP contribution >= 0.6 is 11.6 Å². The van der Waals surface area contributed by atoms with Crippen molar-refractivity contribution in [2.45, 2.75) is 32.4 Å². The SMILES string of the molecule is Cc1cc(OCc2ccc(F)cc2F)c(Cl)c(=O)n1C(C(=O)C1CC1)c1ccn[nH]1. The third-order valence-electron chi connectivity index (χ3n) is 5.07. The molecule has 1 N–H and O–H groups in total. The topological polar surface area (TPSA) is 77.0 Å². The van der Waals surface area contributed by atoms with Crippen molar-refractivity contribution in [1.82, 2.24) is 14.8 Å². The maximum Gasteiger partial charge on any atom is 0.274 e. The number of aryl methyl sites for hydroxylation is 1. The van der Waals surface area contributed by atoms with E-state index in [1.54, 1.807) is 13.0 Å². The van der Waals surface area contributed by atoms with Gasteiger partial charge in [-0.05, 0) is 38.0 Å². The van der Waals surface area contributed by atoms with Gasteiger partial charge in [0.2, 0.25) is 0 Å². The van der Waals surface area contributed by atoms with Crippen molar-refractivity contribution >= 4 is 17.4 Å². The van der Waals surface area contributed by atoms with Gasteiger partial charge in [-0.15, -0.1) is 0 Å². The zero-order chi connectivity index (χ0) is 21.4. The number of hydrogen-bond acceptors (Lipinski definition) is 4. The zero-order valence-electron chi connectivity index (χ0n) is 16.0. The highest BCUT2D eigenvalue weighted by Crippen LogP contribution is 2.36. The normalized spacial score (nSPS) is 14.5. The summed E-state index contributed by atoms with van der Waals surface area (Å²) in [6, 6.07) is 5.43. The third kappa shape index (κ3) is 3.87. The van der Waals surface area contributed by atoms with Crippen LogP contribution in [0.4, 0.5) is 8.78 Å². The molecule has 1 aliphatic rings. The number of hydrogen-bond donors (Lipinski definition) is 1. The van der Waals surface area contributed by atoms with Crippen LogP contribution in [0.25, 0.3) is 0 Å². The molecule has 0 spiro atoms. The summed E-state index contributed by atoms with van der Waals surface area (Å²) in [5.74, 6) is -1.58. The Balaban J connectivity index is 1.68. The van der Waals surface area contributed by atoms with Crippen LogP contribution in [0.2, 0.25) is 5.02 Å². The highest BCUT2D eigenvalue weighted by molar-refractivity contribution is 6.31. The number of ether oxygens (including phenoxy) is 1. The van der Waals surface area contributed by atoms with Crippen LogP contribution in [0.5, 0.6) is 5.75 Å². The molecule has 0 bridgehead atoms. The molecule has 1 atom stereocenters. The van der Waals surface area contributed by atoms with E-state index in [1.165, 1.54) is 22.9 Å². The van der Waals surface area contributed by atoms with Gasteiger partial charge in [-0.2, -0.15) is 5.10 Å². The Bertz CT molecular complexity index is 1160. The van der Waals surface area contributed by atoms with Gasteiger partial charge in [0.1, 0.15) is 35.1 Å². The van der Waals surface area contributed by atoms with Crippen LogP contribution < -0.4 is 10.3 Å². The van der Waals surface area contributed by atoms with Crippen LogP contribution in [0.1, 0.15) is 35.8 Å². The second kappa shape index (κ2) is 8.02. The smallest absolute Gasteiger partial charge is 0.274 e. The van der Waals surface area contributed by atoms with Gasteiger partial charge in [-0.25, -0.2) is 8.78 Å². The van der Waals surface area contributed by atoms with E-state index < -0.39 is 23.2 Å². The first-order valence-corrected chi connectivity index (χ1v) is 9.76. The quantitative estimate of drug-likeness (QED) is 0.612. The van der Waals surface area contributed by atoms with Crippen molar-refractivity contribution < 1.29 is 18.3 Å². The Morgan fingerprint density at radius 2 is 2.10 bits per heavy atom. The van der Waals surface area contributed by atoms with E-state index in [2.05, 4.69) is 10.2 Å². The average Bonchev–Trinajstić information content (AvgIpc) is 3.43. The van der Waals surface area contributed by atoms with E-state index >= 15 is 0 Å². The molecule has 1 aliphatic carbocycles. The fraction of sp³-hybridized carbons (Fsp3) is 0.286. The summed E-state index contributed by atoms with van der Waals surface area (Å²) < 4.78 is 33.8. The second-order valence-electron chi connectivity index (χ2n) is 7.25. The molecular formula is C21H18ClF2N3O3. The fourth-order valence-corrected chi connectivity index (χ4v) is 3.54. The lowest BCUT2D eigenvalue weighted by Crippen LogP contribution is -2.34. The molecule has 0 aliphatic heterocycles. The molecule has 0 radical (unpaired) electrons. The average molecular weight is 434 g/mol. The first-order valence-electron chi connectivity index (χ1n) is 9.38. The molecule has 6 nitrogen and oxygen atoms in total. The number of benzene rings is 1. The van der Waals surface area contributed by atoms with Gasteiger partial charge in [-0.3, -0.25) is 19.3 Å². The van der Waals surface area contributed by atoms with E-state index in [4.69, 9.17) is 16.3 Å². The third-order valence-corrected chi connectivity index (χ3v) is 5.41. The van der Waals surface area contributed by atoms with Crippen LogP contribution in [0, 0.1) is 24.5 Å². The number of aromatic amines is 1. The molecule has 30 heavy (non-hydrogen) atoms. The molecule has 2 aromatic heterocycles. The maximum atomic E-state index is 13.8. The van der Waals surface area contributed by atoms with Gasteiger partial charge in [0.15, 0.2) is 5.78 Å². The van der Waals surface area contributed by atoms with E-state index in [9.17, 15) is 18.4 Å². The standard InChI is InChI=1S/C21H18ClF2N3O3/c1-11-8-17(30-10-13-4-5-14(23)9-15(13)24)18(22)21(29)27(11)19(16-6-7-25-26-16)20(28)12-2-3-12/h4-9,12,19H,2-3,10H2,1H3,(H,25,26). The molecule has 2 heterocycles. The number of Topliss-reactive ketones (excluding diaryl/α,β-unsaturated/α-hetero) is 1. The lowest BCUT2D eigenvalue weighted by molar-refractivity contribution is -0.122. The number of rotatable bonds is 7. The summed E-state index contributed by atoms with van der Waals surface area (Å²) in [6.07, 6.45) is 3.09. The minimum absolute atomic E-state index is 0.0568. The monoisotopic (exact) mass is 433 g/mol. The molecule has 3 aromatic rings. The largest absolute Gasteiger partial charge is 0.487 e. The van der Waals surface area contributed by atoms with Gasteiger partial charge in [0.05, 0.1) is 5.69 Å². The van der Waals surface area contributed by atoms with Crippen molar-refractivity contribution in [1.29, 1.82) is 0 Å². The van der Waals surface area contributed by atoms with E-state index in [0.717, 1.165) is 25.0 Å². The molecule has 4 rings (SSSR count). The lowest BCUT2D eigenvalue weighted by atomic mass is 10.0. The van der Waals surface area contributed by atoms with Crippen LogP contribution in [-0.2, 0) is 11.4 Å². The Morgan fingerprint density at radius 1 is 1.33 bits per heavy atom. The van der Waals surface area contributed by atoms with Gasteiger partial charge in [-0.1, -0.05) is 11.6 Å². The van der Waals surface area contributed by atoms with Gasteiger partial charge < -0.3 is 4.74 Å². The van der Waals surface area contributed by atoms with Crippen molar-refractivity contribution in [3.05, 3.63) is 80.5 Å². The minimum atomic E-state index is -0.867. The molecule has 1 aromatic carbocycles. The van der Waals surface area contributed by atoms with Gasteiger partial charge in [0, 0.05) is 35.5 Å². The van der Waals surface area contributed by atoms with Gasteiger partial charge in [0.25, 0.3) is 5.56 Å². The van der Waals surface area contributed by atoms with E-state index in [1.807, 2.05) is 0 Å². The molecule has 0 amide bonds. The Hall–Kier alpha value is -3.00. The number of aromatic nitrogens is 3. The highest BCUT2D eigenvalue weighted by Gasteiger charge is 2.38. The van der Waals surface area contributed by atoms with Crippen LogP contribution in [0.3, 0.4) is 0 Å². The first-order chi connectivity index (χ1) is 14.4. The van der Waals surface area contributed by atoms with Crippen molar-refractivity contribution in [3.8, 4) is 5.75 Å². The first kappa shape index (κ1) is 20.3. The predicted octanol–water partition coefficient (Wildman–Crippen LogP) is 3.96. The molecule has 1 unspecified atom stereocenters. The lowest BCUT2D eigenvalue weighted by Gasteiger charge is -2.21. The summed E-state index contributed by atoms with van der Waals surface area (Å²) in [5, 5.41) is 6.44. The number of halogens is 3. The maximum absolute atomic E-state index is 13.8. The number of nitrogens with one attached hydrogen (secondary N) is 1. The number of nitrogens with zero attached hydrogens (tertiary/aromatic N) is 2. The van der Waals surface area contributed by atoms with Crippen LogP contribution in [0.15, 0.2) is 41.3 Å². The Kier molecular flexibility index (Phi) is 5.42. The number of carbonyl (C=O) groups excluding carboxylic acids is 1. The summed E-state index contributed by atoms with van der Waals surface area (Å²) in [7, 11) is 0. The molecule has 1 fully saturated rings. The summed E-state index contributed by atoms with van der Waals surface area (Å²) in [6.45, 7) is 1.42. The minimum Gasteiger partial charge on any atom is -0.487 e. The van der Waals surface area contributed by atoms with Crippen molar-refractivity contribution in [3.63, 3.8) is 0 Å². The molecule has 9 heteroatoms. The Morgan fingerprint density at radius 3 is 2.73 bits per heavy atom. The van der Waals surface area contributed by atoms with Crippen molar-refractivity contribution in [2.24, 2.45) is 5.92 Å². The zero-order valence-corrected chi connectivity index (χ0v) is 16.7. The van der Waals surface area contributed by atoms with Crippen molar-refractivity contribution in [2.75, 3.05) is 0 Å². The predicted molar refractivity (Wildman–Crippen MR) is 106 cm³/mol. The Labute approximate surface area is 175 Å². The number of H-pyrrole nitrogens is 1. The van der Waals surface area contributed by atoms with Crippen LogP contribution in [-0.4, -0.2) is 20.5 Å². The second-order valence-corrected chi connectivity index (χ2v) is 7.63. The molecule has 1 saturated carbocycles. The number of ketones is 1. The molecule has 0 saturated heterocycles. The number of pyridine rings is 1. The van der Waals surface area contributed by atoms with E-state index in [-0.39, 0.29) is 34.6 Å². The molecule has 156 valence electrons. The summed E-state index contributed by atoms with van der Waals surface area (Å²) in [5.41, 5.74) is 0.469. The highest BCUT2D eigenvalue weighted by atomic mass is 35.5. The summed E-state index contributed by atoms with van der Waals surface area (Å²) in [4.78, 5) is 26.0.